The highest BCUT2D eigenvalue weighted by Crippen LogP contribution is 2.28. The van der Waals surface area contributed by atoms with Crippen LogP contribution in [0, 0.1) is 5.92 Å². The first kappa shape index (κ1) is 18.9. The van der Waals surface area contributed by atoms with Crippen LogP contribution in [0.4, 0.5) is 0 Å². The van der Waals surface area contributed by atoms with Gasteiger partial charge in [-0.1, -0.05) is 48.5 Å². The van der Waals surface area contributed by atoms with Crippen molar-refractivity contribution < 1.29 is 9.59 Å². The highest BCUT2D eigenvalue weighted by Gasteiger charge is 2.29. The minimum absolute atomic E-state index is 0.0198. The molecule has 0 aliphatic heterocycles. The van der Waals surface area contributed by atoms with E-state index in [9.17, 15) is 9.59 Å². The van der Waals surface area contributed by atoms with Crippen molar-refractivity contribution in [3.63, 3.8) is 0 Å². The molecule has 3 aromatic rings. The van der Waals surface area contributed by atoms with Gasteiger partial charge in [0.05, 0.1) is 17.9 Å². The molecule has 0 atom stereocenters. The van der Waals surface area contributed by atoms with E-state index >= 15 is 0 Å². The standard InChI is InChI=1S/C23H24N4O2/c1-26(21(28)14-24-23(29)18-12-13-18)15-19-16-27(20-10-6-3-7-11-20)25-22(19)17-8-4-2-5-9-17/h2-11,16,18H,12-15H2,1H3,(H,24,29). The number of amides is 2. The fourth-order valence-corrected chi connectivity index (χ4v) is 3.21. The molecule has 1 saturated carbocycles. The number of nitrogens with one attached hydrogen (secondary N) is 1. The minimum atomic E-state index is -0.120. The first-order chi connectivity index (χ1) is 14.1. The molecule has 0 bridgehead atoms. The Morgan fingerprint density at radius 3 is 2.38 bits per heavy atom. The van der Waals surface area contributed by atoms with Gasteiger partial charge in [0.1, 0.15) is 0 Å². The molecule has 0 unspecified atom stereocenters. The van der Waals surface area contributed by atoms with Crippen LogP contribution >= 0.6 is 0 Å². The zero-order chi connectivity index (χ0) is 20.2. The van der Waals surface area contributed by atoms with Crippen molar-refractivity contribution in [3.8, 4) is 16.9 Å². The summed E-state index contributed by atoms with van der Waals surface area (Å²) in [4.78, 5) is 25.9. The third-order valence-corrected chi connectivity index (χ3v) is 5.05. The highest BCUT2D eigenvalue weighted by atomic mass is 16.2. The molecule has 0 spiro atoms. The Bertz CT molecular complexity index is 994. The summed E-state index contributed by atoms with van der Waals surface area (Å²) in [5, 5.41) is 7.52. The lowest BCUT2D eigenvalue weighted by molar-refractivity contribution is -0.132. The van der Waals surface area contributed by atoms with E-state index < -0.39 is 0 Å². The molecule has 1 aliphatic carbocycles. The van der Waals surface area contributed by atoms with Gasteiger partial charge in [-0.15, -0.1) is 0 Å². The van der Waals surface area contributed by atoms with Crippen molar-refractivity contribution in [2.24, 2.45) is 5.92 Å². The van der Waals surface area contributed by atoms with Crippen LogP contribution < -0.4 is 5.32 Å². The fourth-order valence-electron chi connectivity index (χ4n) is 3.21. The minimum Gasteiger partial charge on any atom is -0.347 e. The Labute approximate surface area is 170 Å². The van der Waals surface area contributed by atoms with Gasteiger partial charge >= 0.3 is 0 Å². The predicted molar refractivity (Wildman–Crippen MR) is 111 cm³/mol. The summed E-state index contributed by atoms with van der Waals surface area (Å²) in [6.07, 6.45) is 3.81. The zero-order valence-electron chi connectivity index (χ0n) is 16.4. The molecule has 1 aliphatic rings. The number of carbonyl (C=O) groups excluding carboxylic acids is 2. The van der Waals surface area contributed by atoms with Gasteiger partial charge in [-0.25, -0.2) is 4.68 Å². The summed E-state index contributed by atoms with van der Waals surface area (Å²) >= 11 is 0. The van der Waals surface area contributed by atoms with Crippen molar-refractivity contribution in [1.29, 1.82) is 0 Å². The molecule has 0 radical (unpaired) electrons. The van der Waals surface area contributed by atoms with Gasteiger partial charge in [0.15, 0.2) is 0 Å². The second-order valence-corrected chi connectivity index (χ2v) is 7.39. The third-order valence-electron chi connectivity index (χ3n) is 5.05. The number of carbonyl (C=O) groups is 2. The topological polar surface area (TPSA) is 67.2 Å². The molecular weight excluding hydrogens is 364 g/mol. The number of benzene rings is 2. The first-order valence-corrected chi connectivity index (χ1v) is 9.83. The first-order valence-electron chi connectivity index (χ1n) is 9.83. The van der Waals surface area contributed by atoms with Crippen molar-refractivity contribution in [2.75, 3.05) is 13.6 Å². The van der Waals surface area contributed by atoms with E-state index in [1.165, 1.54) is 0 Å². The quantitative estimate of drug-likeness (QED) is 0.677. The van der Waals surface area contributed by atoms with Gasteiger partial charge in [0.25, 0.3) is 0 Å². The molecule has 1 aromatic heterocycles. The van der Waals surface area contributed by atoms with Gasteiger partial charge in [0.2, 0.25) is 11.8 Å². The van der Waals surface area contributed by atoms with Crippen LogP contribution in [0.2, 0.25) is 0 Å². The van der Waals surface area contributed by atoms with E-state index in [0.717, 1.165) is 35.3 Å². The zero-order valence-corrected chi connectivity index (χ0v) is 16.4. The molecule has 148 valence electrons. The fraction of sp³-hybridized carbons (Fsp3) is 0.261. The summed E-state index contributed by atoms with van der Waals surface area (Å²) in [6.45, 7) is 0.439. The number of likely N-dealkylation sites (N-methyl/N-ethyl adjacent to an activating group) is 1. The summed E-state index contributed by atoms with van der Waals surface area (Å²) in [6, 6.07) is 19.8. The van der Waals surface area contributed by atoms with Gasteiger partial charge in [-0.05, 0) is 25.0 Å². The monoisotopic (exact) mass is 388 g/mol. The van der Waals surface area contributed by atoms with Crippen molar-refractivity contribution in [1.82, 2.24) is 20.0 Å². The Hall–Kier alpha value is -3.41. The van der Waals surface area contributed by atoms with E-state index in [-0.39, 0.29) is 24.3 Å². The third kappa shape index (κ3) is 4.54. The molecule has 0 saturated heterocycles. The van der Waals surface area contributed by atoms with Crippen LogP contribution in [-0.2, 0) is 16.1 Å². The van der Waals surface area contributed by atoms with E-state index in [2.05, 4.69) is 5.32 Å². The normalized spacial score (nSPS) is 13.1. The molecule has 1 heterocycles. The lowest BCUT2D eigenvalue weighted by Gasteiger charge is -2.17. The van der Waals surface area contributed by atoms with Gasteiger partial charge in [0, 0.05) is 36.8 Å². The number of rotatable bonds is 7. The maximum atomic E-state index is 12.5. The summed E-state index contributed by atoms with van der Waals surface area (Å²) in [5.41, 5.74) is 3.75. The van der Waals surface area contributed by atoms with Crippen LogP contribution in [0.15, 0.2) is 66.9 Å². The number of hydrogen-bond donors (Lipinski definition) is 1. The number of para-hydroxylation sites is 1. The molecule has 4 rings (SSSR count). The predicted octanol–water partition coefficient (Wildman–Crippen LogP) is 3.02. The lowest BCUT2D eigenvalue weighted by Crippen LogP contribution is -2.38. The number of aromatic nitrogens is 2. The van der Waals surface area contributed by atoms with E-state index in [1.807, 2.05) is 71.5 Å². The maximum absolute atomic E-state index is 12.5. The van der Waals surface area contributed by atoms with Crippen LogP contribution in [-0.4, -0.2) is 40.1 Å². The van der Waals surface area contributed by atoms with E-state index in [1.54, 1.807) is 11.9 Å². The smallest absolute Gasteiger partial charge is 0.242 e. The molecule has 6 nitrogen and oxygen atoms in total. The SMILES string of the molecule is CN(Cc1cn(-c2ccccc2)nc1-c1ccccc1)C(=O)CNC(=O)C1CC1. The van der Waals surface area contributed by atoms with Crippen molar-refractivity contribution in [2.45, 2.75) is 19.4 Å². The van der Waals surface area contributed by atoms with E-state index in [0.29, 0.717) is 6.54 Å². The molecule has 2 aromatic carbocycles. The molecule has 1 fully saturated rings. The molecule has 29 heavy (non-hydrogen) atoms. The van der Waals surface area contributed by atoms with Crippen molar-refractivity contribution in [3.05, 3.63) is 72.4 Å². The summed E-state index contributed by atoms with van der Waals surface area (Å²) < 4.78 is 1.84. The molecule has 1 N–H and O–H groups in total. The highest BCUT2D eigenvalue weighted by molar-refractivity contribution is 5.86. The second-order valence-electron chi connectivity index (χ2n) is 7.39. The second kappa shape index (κ2) is 8.31. The number of nitrogens with zero attached hydrogens (tertiary/aromatic N) is 3. The van der Waals surface area contributed by atoms with Crippen molar-refractivity contribution >= 4 is 11.8 Å². The van der Waals surface area contributed by atoms with Crippen LogP contribution in [0.25, 0.3) is 16.9 Å². The Kier molecular flexibility index (Phi) is 5.42. The largest absolute Gasteiger partial charge is 0.347 e. The lowest BCUT2D eigenvalue weighted by atomic mass is 10.1. The molecular formula is C23H24N4O2. The number of hydrogen-bond acceptors (Lipinski definition) is 3. The Morgan fingerprint density at radius 2 is 1.72 bits per heavy atom. The molecule has 6 heteroatoms. The molecule has 2 amide bonds. The average molecular weight is 388 g/mol. The average Bonchev–Trinajstić information content (AvgIpc) is 3.53. The van der Waals surface area contributed by atoms with Gasteiger partial charge in [-0.2, -0.15) is 5.10 Å². The van der Waals surface area contributed by atoms with Crippen LogP contribution in [0.3, 0.4) is 0 Å². The summed E-state index contributed by atoms with van der Waals surface area (Å²) in [5.74, 6) is -0.0408. The summed E-state index contributed by atoms with van der Waals surface area (Å²) in [7, 11) is 1.75. The van der Waals surface area contributed by atoms with Gasteiger partial charge < -0.3 is 10.2 Å². The van der Waals surface area contributed by atoms with E-state index in [4.69, 9.17) is 5.10 Å². The van der Waals surface area contributed by atoms with Crippen LogP contribution in [0.5, 0.6) is 0 Å². The van der Waals surface area contributed by atoms with Crippen LogP contribution in [0.1, 0.15) is 18.4 Å². The van der Waals surface area contributed by atoms with Gasteiger partial charge in [-0.3, -0.25) is 9.59 Å². The Balaban J connectivity index is 1.54. The Morgan fingerprint density at radius 1 is 1.07 bits per heavy atom. The maximum Gasteiger partial charge on any atom is 0.242 e.